The molecule has 0 aliphatic rings. The molecule has 0 aliphatic heterocycles. The van der Waals surface area contributed by atoms with E-state index in [9.17, 15) is 22.9 Å². The van der Waals surface area contributed by atoms with E-state index in [0.29, 0.717) is 22.1 Å². The molecule has 0 saturated heterocycles. The Morgan fingerprint density at radius 1 is 1.08 bits per heavy atom. The topological polar surface area (TPSA) is 140 Å². The van der Waals surface area contributed by atoms with Gasteiger partial charge in [-0.25, -0.2) is 0 Å². The minimum atomic E-state index is -4.65. The van der Waals surface area contributed by atoms with Crippen LogP contribution in [0.2, 0.25) is 10.0 Å². The molecule has 39 heavy (non-hydrogen) atoms. The maximum atomic E-state index is 13.4. The van der Waals surface area contributed by atoms with Gasteiger partial charge in [-0.3, -0.25) is 9.35 Å². The van der Waals surface area contributed by atoms with Crippen LogP contribution in [0.1, 0.15) is 22.8 Å². The molecule has 4 aromatic carbocycles. The van der Waals surface area contributed by atoms with Gasteiger partial charge in [-0.15, -0.1) is 5.11 Å². The van der Waals surface area contributed by atoms with Crippen LogP contribution >= 0.6 is 23.2 Å². The fraction of sp³-hybridized carbons (Fsp3) is 0.115. The number of azo groups is 1. The number of nitrogens with one attached hydrogen (secondary N) is 1. The summed E-state index contributed by atoms with van der Waals surface area (Å²) in [5.41, 5.74) is 0.00254. The van der Waals surface area contributed by atoms with Crippen LogP contribution in [0, 0.1) is 0 Å². The number of fused-ring (bicyclic) bond motifs is 1. The molecule has 0 fully saturated rings. The van der Waals surface area contributed by atoms with Gasteiger partial charge >= 0.3 is 29.6 Å². The van der Waals surface area contributed by atoms with E-state index in [2.05, 4.69) is 15.5 Å². The van der Waals surface area contributed by atoms with E-state index in [1.807, 2.05) is 0 Å². The number of anilines is 1. The number of aryl methyl sites for hydroxylation is 1. The fourth-order valence-corrected chi connectivity index (χ4v) is 5.48. The Kier molecular flexibility index (Phi) is 10.0. The number of hydrogen-bond acceptors (Lipinski definition) is 7. The minimum Gasteiger partial charge on any atom is -0.870 e. The minimum absolute atomic E-state index is 0. The number of carbonyl (C=O) groups is 1. The van der Waals surface area contributed by atoms with Crippen LogP contribution in [0.3, 0.4) is 0 Å². The summed E-state index contributed by atoms with van der Waals surface area (Å²) in [6, 6.07) is 15.9. The molecular weight excluding hydrogens is 576 g/mol. The van der Waals surface area contributed by atoms with Crippen LogP contribution in [-0.4, -0.2) is 26.0 Å². The first kappa shape index (κ1) is 30.8. The normalized spacial score (nSPS) is 11.4. The molecule has 4 rings (SSSR count). The van der Waals surface area contributed by atoms with Crippen molar-refractivity contribution < 1.29 is 57.2 Å². The first-order valence-electron chi connectivity index (χ1n) is 11.1. The zero-order valence-corrected chi connectivity index (χ0v) is 25.4. The largest absolute Gasteiger partial charge is 1.00 e. The predicted octanol–water partition coefficient (Wildman–Crippen LogP) is 3.71. The summed E-state index contributed by atoms with van der Waals surface area (Å²) in [6.45, 7) is 1.70. The number of nitrogens with zero attached hydrogens (tertiary/aromatic N) is 2. The van der Waals surface area contributed by atoms with E-state index in [4.69, 9.17) is 27.9 Å². The molecule has 0 aliphatic carbocycles. The second-order valence-electron chi connectivity index (χ2n) is 8.01. The van der Waals surface area contributed by atoms with Crippen LogP contribution in [0.4, 0.5) is 17.1 Å². The molecule has 0 aromatic heterocycles. The van der Waals surface area contributed by atoms with Gasteiger partial charge in [0.15, 0.2) is 0 Å². The van der Waals surface area contributed by atoms with E-state index in [1.165, 1.54) is 25.3 Å². The molecule has 0 spiro atoms. The molecule has 196 valence electrons. The Morgan fingerprint density at radius 2 is 1.79 bits per heavy atom. The van der Waals surface area contributed by atoms with Crippen molar-refractivity contribution in [2.75, 3.05) is 12.4 Å². The summed E-state index contributed by atoms with van der Waals surface area (Å²) in [4.78, 5) is 12.7. The van der Waals surface area contributed by atoms with Gasteiger partial charge in [0.1, 0.15) is 22.0 Å². The molecule has 0 bridgehead atoms. The number of methoxy groups -OCH3 is 1. The number of amides is 1. The molecule has 4 aromatic rings. The van der Waals surface area contributed by atoms with Crippen LogP contribution in [0.15, 0.2) is 75.8 Å². The molecular formula is C26H20Cl2N3NaO6S. The Hall–Kier alpha value is -2.70. The summed E-state index contributed by atoms with van der Waals surface area (Å²) in [5, 5.41) is 24.9. The van der Waals surface area contributed by atoms with Crippen LogP contribution < -0.4 is 44.7 Å². The third-order valence-electron chi connectivity index (χ3n) is 5.71. The maximum Gasteiger partial charge on any atom is 1.00 e. The Bertz CT molecular complexity index is 1710. The maximum absolute atomic E-state index is 13.4. The standard InChI is InChI=1S/C26H21Cl2N3O6S.Na/c1-3-14-11-12-19(21(28)25(14)38(34,35)36)30-31-22-16-8-5-4-7-15(16)13-17(24(22)32)26(33)29-23-18(27)9-6-10-20(23)37-2;/h4-13,32H,3H2,1-2H3,(H,29,33)(H,34,35,36);/q;+1/p-1. The first-order valence-corrected chi connectivity index (χ1v) is 13.3. The third-order valence-corrected chi connectivity index (χ3v) is 7.50. The van der Waals surface area contributed by atoms with Gasteiger partial charge in [0.05, 0.1) is 22.8 Å². The average molecular weight is 596 g/mol. The SMILES string of the molecule is CCc1ccc(N=Nc2c([O-])c(C(=O)Nc3c(Cl)cccc3OC)cc3ccccc23)c(Cl)c1S(=O)(=O)O.[Na+]. The Labute approximate surface area is 256 Å². The first-order chi connectivity index (χ1) is 18.1. The number of carbonyl (C=O) groups excluding carboxylic acids is 1. The van der Waals surface area contributed by atoms with Crippen molar-refractivity contribution in [3.8, 4) is 11.5 Å². The van der Waals surface area contributed by atoms with Crippen molar-refractivity contribution in [1.82, 2.24) is 0 Å². The van der Waals surface area contributed by atoms with Crippen LogP contribution in [0.25, 0.3) is 10.8 Å². The number of ether oxygens (including phenoxy) is 1. The molecule has 0 radical (unpaired) electrons. The summed E-state index contributed by atoms with van der Waals surface area (Å²) in [7, 11) is -3.23. The predicted molar refractivity (Wildman–Crippen MR) is 144 cm³/mol. The zero-order valence-electron chi connectivity index (χ0n) is 21.0. The van der Waals surface area contributed by atoms with Gasteiger partial charge in [-0.2, -0.15) is 13.5 Å². The van der Waals surface area contributed by atoms with Crippen molar-refractivity contribution in [3.63, 3.8) is 0 Å². The van der Waals surface area contributed by atoms with Gasteiger partial charge in [0, 0.05) is 10.9 Å². The summed E-state index contributed by atoms with van der Waals surface area (Å²) in [5.74, 6) is -1.17. The van der Waals surface area contributed by atoms with Crippen molar-refractivity contribution in [3.05, 3.63) is 81.8 Å². The zero-order chi connectivity index (χ0) is 27.6. The number of benzene rings is 4. The van der Waals surface area contributed by atoms with E-state index in [0.717, 1.165) is 0 Å². The van der Waals surface area contributed by atoms with Gasteiger partial charge in [-0.1, -0.05) is 72.3 Å². The summed E-state index contributed by atoms with van der Waals surface area (Å²) < 4.78 is 38.7. The van der Waals surface area contributed by atoms with Crippen LogP contribution in [-0.2, 0) is 16.5 Å². The van der Waals surface area contributed by atoms with Gasteiger partial charge in [0.2, 0.25) is 0 Å². The number of halogens is 2. The smallest absolute Gasteiger partial charge is 0.870 e. The Morgan fingerprint density at radius 3 is 2.46 bits per heavy atom. The van der Waals surface area contributed by atoms with Gasteiger partial charge in [-0.05, 0) is 41.6 Å². The monoisotopic (exact) mass is 595 g/mol. The summed E-state index contributed by atoms with van der Waals surface area (Å²) >= 11 is 12.5. The van der Waals surface area contributed by atoms with E-state index >= 15 is 0 Å². The number of para-hydroxylation sites is 1. The molecule has 9 nitrogen and oxygen atoms in total. The van der Waals surface area contributed by atoms with Gasteiger partial charge in [0.25, 0.3) is 16.0 Å². The molecule has 0 heterocycles. The molecule has 0 saturated carbocycles. The van der Waals surface area contributed by atoms with E-state index < -0.39 is 26.7 Å². The number of hydrogen-bond donors (Lipinski definition) is 2. The fourth-order valence-electron chi connectivity index (χ4n) is 3.88. The quantitative estimate of drug-likeness (QED) is 0.189. The van der Waals surface area contributed by atoms with Crippen molar-refractivity contribution >= 4 is 67.1 Å². The van der Waals surface area contributed by atoms with Crippen molar-refractivity contribution in [1.29, 1.82) is 0 Å². The van der Waals surface area contributed by atoms with Crippen molar-refractivity contribution in [2.45, 2.75) is 18.2 Å². The van der Waals surface area contributed by atoms with Gasteiger partial charge < -0.3 is 15.2 Å². The second-order valence-corrected chi connectivity index (χ2v) is 10.2. The molecule has 2 N–H and O–H groups in total. The Balaban J connectivity index is 0.00000420. The number of rotatable bonds is 7. The van der Waals surface area contributed by atoms with E-state index in [-0.39, 0.29) is 68.6 Å². The summed E-state index contributed by atoms with van der Waals surface area (Å²) in [6.07, 6.45) is 0.287. The van der Waals surface area contributed by atoms with Crippen molar-refractivity contribution in [2.24, 2.45) is 10.2 Å². The molecule has 0 atom stereocenters. The third kappa shape index (κ3) is 6.38. The molecule has 1 amide bonds. The van der Waals surface area contributed by atoms with Crippen LogP contribution in [0.5, 0.6) is 11.5 Å². The average Bonchev–Trinajstić information content (AvgIpc) is 2.88. The molecule has 13 heteroatoms. The second kappa shape index (κ2) is 12.6. The molecule has 0 unspecified atom stereocenters. The van der Waals surface area contributed by atoms with E-state index in [1.54, 1.807) is 49.4 Å².